The topological polar surface area (TPSA) is 46.4 Å². The van der Waals surface area contributed by atoms with Crippen molar-refractivity contribution in [3.63, 3.8) is 0 Å². The van der Waals surface area contributed by atoms with E-state index >= 15 is 0 Å². The van der Waals surface area contributed by atoms with Gasteiger partial charge in [-0.25, -0.2) is 4.98 Å². The van der Waals surface area contributed by atoms with Crippen LogP contribution in [0.2, 0.25) is 0 Å². The number of amides is 1. The van der Waals surface area contributed by atoms with E-state index in [4.69, 9.17) is 0 Å². The van der Waals surface area contributed by atoms with E-state index in [1.807, 2.05) is 77.5 Å². The normalized spacial score (nSPS) is 15.6. The van der Waals surface area contributed by atoms with Gasteiger partial charge < -0.3 is 9.72 Å². The van der Waals surface area contributed by atoms with Crippen molar-refractivity contribution in [2.24, 2.45) is 5.92 Å². The third-order valence-electron chi connectivity index (χ3n) is 6.37. The van der Waals surface area contributed by atoms with Gasteiger partial charge in [-0.3, -0.25) is 4.79 Å². The quantitative estimate of drug-likeness (QED) is 0.420. The Hall–Kier alpha value is -3.40. The summed E-state index contributed by atoms with van der Waals surface area (Å²) in [6.07, 6.45) is 9.99. The summed E-state index contributed by atoms with van der Waals surface area (Å²) in [7, 11) is 0. The molecule has 0 bridgehead atoms. The molecule has 4 heteroatoms. The summed E-state index contributed by atoms with van der Waals surface area (Å²) in [6.45, 7) is 0. The molecule has 1 amide bonds. The minimum Gasteiger partial charge on any atom is -0.326 e. The molecule has 2 heterocycles. The highest BCUT2D eigenvalue weighted by Gasteiger charge is 2.30. The van der Waals surface area contributed by atoms with Crippen LogP contribution in [0.25, 0.3) is 16.9 Å². The van der Waals surface area contributed by atoms with Gasteiger partial charge in [0.2, 0.25) is 5.91 Å². The van der Waals surface area contributed by atoms with Crippen molar-refractivity contribution >= 4 is 17.2 Å². The number of carbonyl (C=O) groups excluding carboxylic acids is 1. The minimum atomic E-state index is -0.0976. The van der Waals surface area contributed by atoms with Gasteiger partial charge in [0, 0.05) is 23.6 Å². The summed E-state index contributed by atoms with van der Waals surface area (Å²) in [6, 6.07) is 24.2. The van der Waals surface area contributed by atoms with Gasteiger partial charge in [0.15, 0.2) is 0 Å². The van der Waals surface area contributed by atoms with E-state index < -0.39 is 0 Å². The summed E-state index contributed by atoms with van der Waals surface area (Å²) in [5, 5.41) is 3.18. The van der Waals surface area contributed by atoms with Crippen molar-refractivity contribution in [1.29, 1.82) is 0 Å². The lowest BCUT2D eigenvalue weighted by molar-refractivity contribution is -0.119. The van der Waals surface area contributed by atoms with E-state index in [1.165, 1.54) is 19.3 Å². The average Bonchev–Trinajstić information content (AvgIpc) is 3.25. The van der Waals surface area contributed by atoms with Gasteiger partial charge in [-0.15, -0.1) is 0 Å². The molecule has 1 fully saturated rings. The first-order chi connectivity index (χ1) is 15.3. The number of nitrogens with one attached hydrogen (secondary N) is 1. The van der Waals surface area contributed by atoms with Crippen molar-refractivity contribution in [2.45, 2.75) is 38.0 Å². The third-order valence-corrected chi connectivity index (χ3v) is 6.37. The van der Waals surface area contributed by atoms with Gasteiger partial charge >= 0.3 is 0 Å². The Morgan fingerprint density at radius 3 is 2.39 bits per heavy atom. The lowest BCUT2D eigenvalue weighted by Gasteiger charge is -2.29. The van der Waals surface area contributed by atoms with E-state index in [0.717, 1.165) is 41.0 Å². The maximum atomic E-state index is 13.4. The van der Waals surface area contributed by atoms with E-state index in [9.17, 15) is 4.79 Å². The number of fused-ring (bicyclic) bond motifs is 1. The van der Waals surface area contributed by atoms with Crippen LogP contribution in [0.1, 0.15) is 43.6 Å². The number of imidazole rings is 1. The zero-order chi connectivity index (χ0) is 21.0. The molecule has 31 heavy (non-hydrogen) atoms. The number of hydrogen-bond acceptors (Lipinski definition) is 2. The largest absolute Gasteiger partial charge is 0.326 e. The molecule has 1 saturated carbocycles. The highest BCUT2D eigenvalue weighted by atomic mass is 16.1. The molecular weight excluding hydrogens is 382 g/mol. The minimum absolute atomic E-state index is 0.0959. The standard InChI is InChI=1S/C27H27N3O/c31-27(26(21-9-3-1-4-10-21)22-11-5-2-6-12-22)28-23-16-14-20(15-17-23)24-19-30-18-8-7-13-25(30)29-24/h1,3-4,7-10,13-19,22,26H,2,5-6,11-12H2,(H,28,31)/t26-/m1/s1. The molecule has 4 aromatic rings. The summed E-state index contributed by atoms with van der Waals surface area (Å²) in [4.78, 5) is 18.0. The number of anilines is 1. The van der Waals surface area contributed by atoms with Crippen molar-refractivity contribution < 1.29 is 4.79 Å². The lowest BCUT2D eigenvalue weighted by Crippen LogP contribution is -2.29. The zero-order valence-corrected chi connectivity index (χ0v) is 17.6. The first kappa shape index (κ1) is 19.6. The number of nitrogens with zero attached hydrogens (tertiary/aromatic N) is 2. The predicted octanol–water partition coefficient (Wildman–Crippen LogP) is 6.30. The van der Waals surface area contributed by atoms with Crippen LogP contribution in [0.4, 0.5) is 5.69 Å². The Bertz CT molecular complexity index is 1130. The lowest BCUT2D eigenvalue weighted by atomic mass is 9.76. The Kier molecular flexibility index (Phi) is 5.53. The second-order valence-electron chi connectivity index (χ2n) is 8.45. The zero-order valence-electron chi connectivity index (χ0n) is 17.6. The van der Waals surface area contributed by atoms with Crippen LogP contribution in [0.15, 0.2) is 85.2 Å². The molecule has 2 aromatic carbocycles. The molecule has 1 N–H and O–H groups in total. The van der Waals surface area contributed by atoms with Gasteiger partial charge in [0.25, 0.3) is 0 Å². The number of hydrogen-bond donors (Lipinski definition) is 1. The molecule has 0 unspecified atom stereocenters. The van der Waals surface area contributed by atoms with Gasteiger partial charge in [-0.1, -0.05) is 67.8 Å². The van der Waals surface area contributed by atoms with E-state index in [2.05, 4.69) is 22.4 Å². The Balaban J connectivity index is 1.35. The van der Waals surface area contributed by atoms with Crippen LogP contribution in [-0.4, -0.2) is 15.3 Å². The van der Waals surface area contributed by atoms with E-state index in [-0.39, 0.29) is 11.8 Å². The van der Waals surface area contributed by atoms with Gasteiger partial charge in [-0.05, 0) is 48.6 Å². The molecule has 1 aliphatic rings. The number of carbonyl (C=O) groups is 1. The highest BCUT2D eigenvalue weighted by Crippen LogP contribution is 2.37. The van der Waals surface area contributed by atoms with E-state index in [1.54, 1.807) is 0 Å². The Morgan fingerprint density at radius 2 is 1.65 bits per heavy atom. The fourth-order valence-corrected chi connectivity index (χ4v) is 4.78. The third kappa shape index (κ3) is 4.24. The van der Waals surface area contributed by atoms with Crippen LogP contribution in [0.5, 0.6) is 0 Å². The molecule has 0 saturated heterocycles. The second-order valence-corrected chi connectivity index (χ2v) is 8.45. The highest BCUT2D eigenvalue weighted by molar-refractivity contribution is 5.96. The van der Waals surface area contributed by atoms with Crippen LogP contribution in [0, 0.1) is 5.92 Å². The van der Waals surface area contributed by atoms with Gasteiger partial charge in [0.1, 0.15) is 5.65 Å². The van der Waals surface area contributed by atoms with Crippen LogP contribution in [0.3, 0.4) is 0 Å². The predicted molar refractivity (Wildman–Crippen MR) is 125 cm³/mol. The summed E-state index contributed by atoms with van der Waals surface area (Å²) >= 11 is 0. The van der Waals surface area contributed by atoms with Crippen molar-refractivity contribution in [3.8, 4) is 11.3 Å². The second kappa shape index (κ2) is 8.76. The van der Waals surface area contributed by atoms with Crippen molar-refractivity contribution in [2.75, 3.05) is 5.32 Å². The fourth-order valence-electron chi connectivity index (χ4n) is 4.78. The first-order valence-electron chi connectivity index (χ1n) is 11.2. The number of pyridine rings is 1. The first-order valence-corrected chi connectivity index (χ1v) is 11.2. The van der Waals surface area contributed by atoms with Crippen molar-refractivity contribution in [1.82, 2.24) is 9.38 Å². The number of aromatic nitrogens is 2. The van der Waals surface area contributed by atoms with Crippen LogP contribution in [-0.2, 0) is 4.79 Å². The van der Waals surface area contributed by atoms with Gasteiger partial charge in [0.05, 0.1) is 11.6 Å². The maximum absolute atomic E-state index is 13.4. The maximum Gasteiger partial charge on any atom is 0.232 e. The SMILES string of the molecule is O=C(Nc1ccc(-c2cn3ccccc3n2)cc1)[C@H](c1ccccc1)C1CCCCC1. The Morgan fingerprint density at radius 1 is 0.903 bits per heavy atom. The molecule has 5 rings (SSSR count). The molecular formula is C27H27N3O. The number of rotatable bonds is 5. The molecule has 1 atom stereocenters. The monoisotopic (exact) mass is 409 g/mol. The fraction of sp³-hybridized carbons (Fsp3) is 0.259. The van der Waals surface area contributed by atoms with Crippen LogP contribution >= 0.6 is 0 Å². The molecule has 2 aromatic heterocycles. The molecule has 4 nitrogen and oxygen atoms in total. The molecule has 0 aliphatic heterocycles. The summed E-state index contributed by atoms with van der Waals surface area (Å²) in [5.74, 6) is 0.409. The smallest absolute Gasteiger partial charge is 0.232 e. The summed E-state index contributed by atoms with van der Waals surface area (Å²) < 4.78 is 2.01. The van der Waals surface area contributed by atoms with Gasteiger partial charge in [-0.2, -0.15) is 0 Å². The van der Waals surface area contributed by atoms with Crippen LogP contribution < -0.4 is 5.32 Å². The Labute approximate surface area is 183 Å². The average molecular weight is 410 g/mol. The molecule has 156 valence electrons. The number of benzene rings is 2. The van der Waals surface area contributed by atoms with E-state index in [0.29, 0.717) is 5.92 Å². The molecule has 1 aliphatic carbocycles. The molecule has 0 radical (unpaired) electrons. The summed E-state index contributed by atoms with van der Waals surface area (Å²) in [5.41, 5.74) is 4.83. The van der Waals surface area contributed by atoms with Crippen molar-refractivity contribution in [3.05, 3.63) is 90.8 Å². The molecule has 0 spiro atoms.